The van der Waals surface area contributed by atoms with Gasteiger partial charge in [0.15, 0.2) is 0 Å². The van der Waals surface area contributed by atoms with Crippen molar-refractivity contribution in [3.05, 3.63) is 95.1 Å². The molecule has 0 bridgehead atoms. The molecule has 7 rings (SSSR count). The van der Waals surface area contributed by atoms with Gasteiger partial charge in [0.25, 0.3) is 0 Å². The molecule has 0 spiro atoms. The van der Waals surface area contributed by atoms with E-state index in [0.29, 0.717) is 24.0 Å². The summed E-state index contributed by atoms with van der Waals surface area (Å²) in [7, 11) is 1.41. The number of esters is 1. The number of aryl methyl sites for hydroxylation is 1. The second kappa shape index (κ2) is 12.3. The average Bonchev–Trinajstić information content (AvgIpc) is 3.37. The number of pyridine rings is 2. The summed E-state index contributed by atoms with van der Waals surface area (Å²) in [6.07, 6.45) is 3.26. The molecule has 1 unspecified atom stereocenters. The van der Waals surface area contributed by atoms with Crippen LogP contribution in [0.4, 0.5) is 0 Å². The van der Waals surface area contributed by atoms with Crippen molar-refractivity contribution < 1.29 is 19.0 Å². The Morgan fingerprint density at radius 2 is 1.80 bits per heavy atom. The van der Waals surface area contributed by atoms with Gasteiger partial charge < -0.3 is 18.8 Å². The van der Waals surface area contributed by atoms with Crippen molar-refractivity contribution in [3.8, 4) is 5.88 Å². The molecule has 226 valence electrons. The number of ether oxygens (including phenoxy) is 3. The number of imidazole rings is 1. The van der Waals surface area contributed by atoms with Gasteiger partial charge in [0.2, 0.25) is 5.88 Å². The van der Waals surface area contributed by atoms with Crippen molar-refractivity contribution in [1.82, 2.24) is 24.4 Å². The third-order valence-corrected chi connectivity index (χ3v) is 8.82. The molecule has 2 aliphatic heterocycles. The summed E-state index contributed by atoms with van der Waals surface area (Å²) in [4.78, 5) is 29.1. The van der Waals surface area contributed by atoms with Crippen LogP contribution in [0.2, 0.25) is 0 Å². The maximum Gasteiger partial charge on any atom is 0.337 e. The summed E-state index contributed by atoms with van der Waals surface area (Å²) in [5.41, 5.74) is 6.57. The van der Waals surface area contributed by atoms with Crippen LogP contribution in [0.5, 0.6) is 5.88 Å². The fourth-order valence-corrected chi connectivity index (χ4v) is 6.22. The predicted octanol–water partition coefficient (Wildman–Crippen LogP) is 5.82. The number of aromatic nitrogens is 4. The summed E-state index contributed by atoms with van der Waals surface area (Å²) < 4.78 is 19.1. The van der Waals surface area contributed by atoms with E-state index in [4.69, 9.17) is 24.2 Å². The van der Waals surface area contributed by atoms with Crippen molar-refractivity contribution in [1.29, 1.82) is 0 Å². The number of rotatable bonds is 9. The predicted molar refractivity (Wildman–Crippen MR) is 168 cm³/mol. The van der Waals surface area contributed by atoms with E-state index in [-0.39, 0.29) is 12.1 Å². The Balaban J connectivity index is 0.997. The maximum absolute atomic E-state index is 12.2. The second-order valence-corrected chi connectivity index (χ2v) is 11.8. The van der Waals surface area contributed by atoms with Crippen LogP contribution in [0.1, 0.15) is 58.3 Å². The van der Waals surface area contributed by atoms with Gasteiger partial charge in [-0.2, -0.15) is 0 Å². The minimum Gasteiger partial charge on any atom is -0.473 e. The highest BCUT2D eigenvalue weighted by atomic mass is 16.5. The molecule has 0 N–H and O–H groups in total. The summed E-state index contributed by atoms with van der Waals surface area (Å²) in [5, 5.41) is 1.11. The molecule has 0 saturated carbocycles. The van der Waals surface area contributed by atoms with Crippen LogP contribution in [0, 0.1) is 6.92 Å². The molecule has 9 nitrogen and oxygen atoms in total. The number of likely N-dealkylation sites (tertiary alicyclic amines) is 1. The number of benzene rings is 2. The third-order valence-electron chi connectivity index (χ3n) is 8.82. The van der Waals surface area contributed by atoms with Crippen molar-refractivity contribution in [2.75, 3.05) is 26.8 Å². The zero-order valence-corrected chi connectivity index (χ0v) is 25.2. The monoisotopic (exact) mass is 591 g/mol. The summed E-state index contributed by atoms with van der Waals surface area (Å²) in [6.45, 7) is 6.67. The molecule has 9 heteroatoms. The normalized spacial score (nSPS) is 17.5. The van der Waals surface area contributed by atoms with E-state index in [9.17, 15) is 4.79 Å². The molecule has 2 saturated heterocycles. The largest absolute Gasteiger partial charge is 0.473 e. The number of nitrogens with zero attached hydrogens (tertiary/aromatic N) is 5. The van der Waals surface area contributed by atoms with Crippen LogP contribution in [0.3, 0.4) is 0 Å². The topological polar surface area (TPSA) is 91.6 Å². The number of piperidine rings is 1. The van der Waals surface area contributed by atoms with Gasteiger partial charge in [-0.1, -0.05) is 18.2 Å². The molecule has 0 aliphatic carbocycles. The molecular weight excluding hydrogens is 554 g/mol. The zero-order valence-electron chi connectivity index (χ0n) is 25.2. The number of methoxy groups -OCH3 is 1. The molecule has 5 aromatic rings. The Labute approximate surface area is 256 Å². The van der Waals surface area contributed by atoms with E-state index in [2.05, 4.69) is 44.8 Å². The first-order chi connectivity index (χ1) is 21.5. The van der Waals surface area contributed by atoms with Crippen molar-refractivity contribution >= 4 is 27.9 Å². The van der Waals surface area contributed by atoms with Gasteiger partial charge in [-0.3, -0.25) is 9.88 Å². The van der Waals surface area contributed by atoms with Crippen LogP contribution < -0.4 is 4.74 Å². The van der Waals surface area contributed by atoms with E-state index in [1.807, 2.05) is 37.3 Å². The number of carbonyl (C=O) groups excluding carboxylic acids is 1. The van der Waals surface area contributed by atoms with Crippen molar-refractivity contribution in [3.63, 3.8) is 0 Å². The first-order valence-corrected chi connectivity index (χ1v) is 15.4. The quantitative estimate of drug-likeness (QED) is 0.198. The van der Waals surface area contributed by atoms with Gasteiger partial charge in [-0.25, -0.2) is 14.8 Å². The van der Waals surface area contributed by atoms with Crippen LogP contribution >= 0.6 is 0 Å². The summed E-state index contributed by atoms with van der Waals surface area (Å²) in [6, 6.07) is 22.1. The zero-order chi connectivity index (χ0) is 30.0. The molecular formula is C35H37N5O4. The second-order valence-electron chi connectivity index (χ2n) is 11.8. The number of hydrogen-bond donors (Lipinski definition) is 0. The highest BCUT2D eigenvalue weighted by molar-refractivity contribution is 5.93. The summed E-state index contributed by atoms with van der Waals surface area (Å²) >= 11 is 0. The van der Waals surface area contributed by atoms with E-state index in [1.54, 1.807) is 6.07 Å². The lowest BCUT2D eigenvalue weighted by Gasteiger charge is -2.32. The van der Waals surface area contributed by atoms with Gasteiger partial charge >= 0.3 is 5.97 Å². The highest BCUT2D eigenvalue weighted by Crippen LogP contribution is 2.30. The molecule has 0 radical (unpaired) electrons. The van der Waals surface area contributed by atoms with Crippen LogP contribution in [0.15, 0.2) is 66.7 Å². The van der Waals surface area contributed by atoms with E-state index in [1.165, 1.54) is 7.11 Å². The van der Waals surface area contributed by atoms with Crippen LogP contribution in [-0.2, 0) is 29.2 Å². The minimum atomic E-state index is -0.340. The number of carbonyl (C=O) groups is 1. The minimum absolute atomic E-state index is 0.182. The standard InChI is InChI=1S/C35H37N5O4/c1-23-6-8-26-18-24(7-10-30(26)36-23)22-44-34-5-3-4-29(38-34)25-12-15-39(16-13-25)21-33-37-31-11-9-27(35(41)42-2)19-32(31)40(33)20-28-14-17-43-28/h3-11,18-19,25,28H,12-17,20-22H2,1-2H3. The van der Waals surface area contributed by atoms with Gasteiger partial charge in [0, 0.05) is 35.4 Å². The third kappa shape index (κ3) is 6.02. The molecule has 5 heterocycles. The molecule has 3 aromatic heterocycles. The molecule has 2 aliphatic rings. The Hall–Kier alpha value is -4.34. The molecule has 0 amide bonds. The van der Waals surface area contributed by atoms with Gasteiger partial charge in [0.05, 0.1) is 48.4 Å². The number of hydrogen-bond acceptors (Lipinski definition) is 8. The smallest absolute Gasteiger partial charge is 0.337 e. The number of fused-ring (bicyclic) bond motifs is 2. The SMILES string of the molecule is COC(=O)c1ccc2nc(CN3CCC(c4cccc(OCc5ccc6nc(C)ccc6c5)n4)CC3)n(CC3CCO3)c2c1. The first kappa shape index (κ1) is 28.4. The Morgan fingerprint density at radius 3 is 2.59 bits per heavy atom. The van der Waals surface area contributed by atoms with E-state index < -0.39 is 0 Å². The fraction of sp³-hybridized carbons (Fsp3) is 0.371. The van der Waals surface area contributed by atoms with E-state index >= 15 is 0 Å². The van der Waals surface area contributed by atoms with Gasteiger partial charge in [-0.05, 0) is 87.3 Å². The van der Waals surface area contributed by atoms with E-state index in [0.717, 1.165) is 96.8 Å². The summed E-state index contributed by atoms with van der Waals surface area (Å²) in [5.74, 6) is 1.71. The fourth-order valence-electron chi connectivity index (χ4n) is 6.22. The lowest BCUT2D eigenvalue weighted by molar-refractivity contribution is -0.0592. The Kier molecular flexibility index (Phi) is 7.97. The lowest BCUT2D eigenvalue weighted by atomic mass is 9.93. The first-order valence-electron chi connectivity index (χ1n) is 15.4. The lowest BCUT2D eigenvalue weighted by Crippen LogP contribution is -2.35. The molecule has 44 heavy (non-hydrogen) atoms. The van der Waals surface area contributed by atoms with Gasteiger partial charge in [-0.15, -0.1) is 0 Å². The van der Waals surface area contributed by atoms with Crippen molar-refractivity contribution in [2.45, 2.75) is 57.9 Å². The average molecular weight is 592 g/mol. The maximum atomic E-state index is 12.2. The molecule has 1 atom stereocenters. The molecule has 2 fully saturated rings. The molecule has 2 aromatic carbocycles. The highest BCUT2D eigenvalue weighted by Gasteiger charge is 2.26. The van der Waals surface area contributed by atoms with Crippen LogP contribution in [0.25, 0.3) is 21.9 Å². The van der Waals surface area contributed by atoms with Crippen LogP contribution in [-0.4, -0.2) is 63.3 Å². The Morgan fingerprint density at radius 1 is 0.955 bits per heavy atom. The van der Waals surface area contributed by atoms with Crippen molar-refractivity contribution in [2.24, 2.45) is 0 Å². The Bertz CT molecular complexity index is 1810. The van der Waals surface area contributed by atoms with Gasteiger partial charge in [0.1, 0.15) is 12.4 Å².